The van der Waals surface area contributed by atoms with Gasteiger partial charge in [0.25, 0.3) is 5.91 Å². The van der Waals surface area contributed by atoms with Crippen molar-refractivity contribution in [2.24, 2.45) is 5.92 Å². The topological polar surface area (TPSA) is 68.5 Å². The van der Waals surface area contributed by atoms with E-state index in [0.29, 0.717) is 43.8 Å². The van der Waals surface area contributed by atoms with Crippen molar-refractivity contribution in [3.8, 4) is 0 Å². The number of carbonyl (C=O) groups excluding carboxylic acids is 1. The summed E-state index contributed by atoms with van der Waals surface area (Å²) in [5.41, 5.74) is 0.105. The Morgan fingerprint density at radius 1 is 1.25 bits per heavy atom. The third-order valence-corrected chi connectivity index (χ3v) is 5.71. The van der Waals surface area contributed by atoms with E-state index in [9.17, 15) is 9.18 Å². The largest absolute Gasteiger partial charge is 0.381 e. The van der Waals surface area contributed by atoms with Crippen molar-refractivity contribution in [2.75, 3.05) is 26.3 Å². The van der Waals surface area contributed by atoms with Gasteiger partial charge in [-0.05, 0) is 37.3 Å². The first-order valence-electron chi connectivity index (χ1n) is 10.1. The zero-order valence-corrected chi connectivity index (χ0v) is 16.0. The Hall–Kier alpha value is -2.28. The van der Waals surface area contributed by atoms with E-state index in [0.717, 1.165) is 13.0 Å². The maximum absolute atomic E-state index is 13.9. The van der Waals surface area contributed by atoms with Gasteiger partial charge in [0.05, 0.1) is 18.1 Å². The van der Waals surface area contributed by atoms with E-state index in [1.54, 1.807) is 17.0 Å². The number of likely N-dealkylation sites (tertiary alicyclic amines) is 1. The van der Waals surface area contributed by atoms with Crippen molar-refractivity contribution < 1.29 is 18.4 Å². The van der Waals surface area contributed by atoms with Crippen LogP contribution < -0.4 is 0 Å². The summed E-state index contributed by atoms with van der Waals surface area (Å²) >= 11 is 0. The Morgan fingerprint density at radius 3 is 2.89 bits per heavy atom. The second-order valence-electron chi connectivity index (χ2n) is 7.74. The second-order valence-corrected chi connectivity index (χ2v) is 7.74. The fourth-order valence-electron chi connectivity index (χ4n) is 4.08. The normalized spacial score (nSPS) is 20.2. The molecular formula is C21H26FN3O3. The first kappa shape index (κ1) is 19.1. The SMILES string of the molecule is O=C(c1ccccc1F)N1CCC(c2nc(CCOCC3CCCC3)no2)C1. The number of ether oxygens (including phenoxy) is 1. The summed E-state index contributed by atoms with van der Waals surface area (Å²) in [6, 6.07) is 6.07. The molecule has 150 valence electrons. The second kappa shape index (κ2) is 8.82. The summed E-state index contributed by atoms with van der Waals surface area (Å²) < 4.78 is 25.0. The molecule has 1 aromatic heterocycles. The molecule has 2 fully saturated rings. The van der Waals surface area contributed by atoms with Gasteiger partial charge in [-0.1, -0.05) is 30.1 Å². The number of benzene rings is 1. The molecular weight excluding hydrogens is 361 g/mol. The molecule has 0 spiro atoms. The number of halogens is 1. The zero-order valence-electron chi connectivity index (χ0n) is 16.0. The average molecular weight is 387 g/mol. The lowest BCUT2D eigenvalue weighted by Crippen LogP contribution is -2.29. The summed E-state index contributed by atoms with van der Waals surface area (Å²) in [7, 11) is 0. The maximum Gasteiger partial charge on any atom is 0.256 e. The minimum absolute atomic E-state index is 0.00335. The highest BCUT2D eigenvalue weighted by Crippen LogP contribution is 2.28. The molecule has 1 saturated heterocycles. The molecule has 0 N–H and O–H groups in total. The molecule has 7 heteroatoms. The minimum atomic E-state index is -0.492. The van der Waals surface area contributed by atoms with Crippen LogP contribution in [0, 0.1) is 11.7 Å². The highest BCUT2D eigenvalue weighted by molar-refractivity contribution is 5.94. The first-order chi connectivity index (χ1) is 13.7. The highest BCUT2D eigenvalue weighted by Gasteiger charge is 2.32. The molecule has 0 radical (unpaired) electrons. The molecule has 2 aliphatic rings. The number of hydrogen-bond donors (Lipinski definition) is 0. The standard InChI is InChI=1S/C21H26FN3O3/c22-18-8-4-3-7-17(18)21(26)25-11-9-16(13-25)20-23-19(24-28-20)10-12-27-14-15-5-1-2-6-15/h3-4,7-8,15-16H,1-2,5-6,9-14H2. The molecule has 1 atom stereocenters. The van der Waals surface area contributed by atoms with Crippen LogP contribution in [0.1, 0.15) is 60.1 Å². The van der Waals surface area contributed by atoms with E-state index in [-0.39, 0.29) is 17.4 Å². The number of rotatable bonds is 7. The Balaban J connectivity index is 1.26. The van der Waals surface area contributed by atoms with Crippen LogP contribution in [0.2, 0.25) is 0 Å². The number of amides is 1. The van der Waals surface area contributed by atoms with E-state index in [1.807, 2.05) is 0 Å². The molecule has 2 aromatic rings. The number of nitrogens with zero attached hydrogens (tertiary/aromatic N) is 3. The van der Waals surface area contributed by atoms with Crippen molar-refractivity contribution >= 4 is 5.91 Å². The molecule has 6 nitrogen and oxygen atoms in total. The van der Waals surface area contributed by atoms with Crippen molar-refractivity contribution in [2.45, 2.75) is 44.4 Å². The zero-order chi connectivity index (χ0) is 19.3. The van der Waals surface area contributed by atoms with Crippen LogP contribution in [0.3, 0.4) is 0 Å². The van der Waals surface area contributed by atoms with Gasteiger partial charge < -0.3 is 14.2 Å². The van der Waals surface area contributed by atoms with Gasteiger partial charge in [-0.15, -0.1) is 0 Å². The lowest BCUT2D eigenvalue weighted by atomic mass is 10.1. The average Bonchev–Trinajstić information content (AvgIpc) is 3.46. The van der Waals surface area contributed by atoms with Crippen molar-refractivity contribution in [3.05, 3.63) is 47.4 Å². The van der Waals surface area contributed by atoms with Crippen LogP contribution in [-0.4, -0.2) is 47.3 Å². The minimum Gasteiger partial charge on any atom is -0.381 e. The van der Waals surface area contributed by atoms with Crippen LogP contribution >= 0.6 is 0 Å². The molecule has 1 aromatic carbocycles. The maximum atomic E-state index is 13.9. The Morgan fingerprint density at radius 2 is 2.07 bits per heavy atom. The molecule has 1 aliphatic heterocycles. The summed E-state index contributed by atoms with van der Waals surface area (Å²) in [4.78, 5) is 18.7. The summed E-state index contributed by atoms with van der Waals surface area (Å²) in [6.45, 7) is 2.44. The molecule has 2 heterocycles. The van der Waals surface area contributed by atoms with Gasteiger partial charge >= 0.3 is 0 Å². The molecule has 1 aliphatic carbocycles. The molecule has 28 heavy (non-hydrogen) atoms. The Bertz CT molecular complexity index is 804. The summed E-state index contributed by atoms with van der Waals surface area (Å²) in [5, 5.41) is 4.04. The van der Waals surface area contributed by atoms with Crippen LogP contribution in [0.5, 0.6) is 0 Å². The molecule has 0 bridgehead atoms. The number of aromatic nitrogens is 2. The van der Waals surface area contributed by atoms with Crippen molar-refractivity contribution in [1.29, 1.82) is 0 Å². The van der Waals surface area contributed by atoms with E-state index >= 15 is 0 Å². The lowest BCUT2D eigenvalue weighted by Gasteiger charge is -2.16. The van der Waals surface area contributed by atoms with Gasteiger partial charge in [0.1, 0.15) is 5.82 Å². The lowest BCUT2D eigenvalue weighted by molar-refractivity contribution is 0.0785. The van der Waals surface area contributed by atoms with Gasteiger partial charge in [-0.2, -0.15) is 4.98 Å². The van der Waals surface area contributed by atoms with E-state index < -0.39 is 5.82 Å². The Kier molecular flexibility index (Phi) is 6.00. The van der Waals surface area contributed by atoms with E-state index in [4.69, 9.17) is 9.26 Å². The summed E-state index contributed by atoms with van der Waals surface area (Å²) in [6.07, 6.45) is 6.55. The van der Waals surface area contributed by atoms with Gasteiger partial charge in [0.2, 0.25) is 5.89 Å². The Labute approximate surface area is 164 Å². The first-order valence-corrected chi connectivity index (χ1v) is 10.1. The van der Waals surface area contributed by atoms with Crippen molar-refractivity contribution in [3.63, 3.8) is 0 Å². The fourth-order valence-corrected chi connectivity index (χ4v) is 4.08. The van der Waals surface area contributed by atoms with E-state index in [1.165, 1.54) is 37.8 Å². The quantitative estimate of drug-likeness (QED) is 0.679. The highest BCUT2D eigenvalue weighted by atomic mass is 19.1. The van der Waals surface area contributed by atoms with Crippen LogP contribution in [-0.2, 0) is 11.2 Å². The van der Waals surface area contributed by atoms with Gasteiger partial charge in [0.15, 0.2) is 5.82 Å². The third-order valence-electron chi connectivity index (χ3n) is 5.71. The van der Waals surface area contributed by atoms with Crippen LogP contribution in [0.15, 0.2) is 28.8 Å². The van der Waals surface area contributed by atoms with Gasteiger partial charge in [0, 0.05) is 26.1 Å². The molecule has 1 unspecified atom stereocenters. The molecule has 4 rings (SSSR count). The molecule has 1 saturated carbocycles. The monoisotopic (exact) mass is 387 g/mol. The third kappa shape index (κ3) is 4.41. The van der Waals surface area contributed by atoms with Crippen molar-refractivity contribution in [1.82, 2.24) is 15.0 Å². The number of hydrogen-bond acceptors (Lipinski definition) is 5. The van der Waals surface area contributed by atoms with Crippen LogP contribution in [0.25, 0.3) is 0 Å². The van der Waals surface area contributed by atoms with Crippen LogP contribution in [0.4, 0.5) is 4.39 Å². The fraction of sp³-hybridized carbons (Fsp3) is 0.571. The number of carbonyl (C=O) groups is 1. The smallest absolute Gasteiger partial charge is 0.256 e. The predicted octanol–water partition coefficient (Wildman–Crippen LogP) is 3.59. The van der Waals surface area contributed by atoms with Gasteiger partial charge in [-0.3, -0.25) is 4.79 Å². The van der Waals surface area contributed by atoms with Gasteiger partial charge in [-0.25, -0.2) is 4.39 Å². The van der Waals surface area contributed by atoms with E-state index in [2.05, 4.69) is 10.1 Å². The molecule has 1 amide bonds. The predicted molar refractivity (Wildman–Crippen MR) is 100 cm³/mol. The summed E-state index contributed by atoms with van der Waals surface area (Å²) in [5.74, 6) is 1.11.